The highest BCUT2D eigenvalue weighted by atomic mass is 16.2. The van der Waals surface area contributed by atoms with Gasteiger partial charge in [0.2, 0.25) is 0 Å². The van der Waals surface area contributed by atoms with E-state index < -0.39 is 10.8 Å². The van der Waals surface area contributed by atoms with Gasteiger partial charge in [0.1, 0.15) is 0 Å². The first kappa shape index (κ1) is 44.6. The van der Waals surface area contributed by atoms with Crippen molar-refractivity contribution in [3.63, 3.8) is 0 Å². The van der Waals surface area contributed by atoms with E-state index >= 15 is 0 Å². The third-order valence-corrected chi connectivity index (χ3v) is 13.2. The Kier molecular flexibility index (Phi) is 12.7. The van der Waals surface area contributed by atoms with Crippen LogP contribution in [0.3, 0.4) is 0 Å². The molecule has 10 aromatic carbocycles. The highest BCUT2D eigenvalue weighted by molar-refractivity contribution is 6.13. The summed E-state index contributed by atoms with van der Waals surface area (Å²) >= 11 is 0. The van der Waals surface area contributed by atoms with Crippen LogP contribution in [0.2, 0.25) is 0 Å². The number of anilines is 2. The summed E-state index contributed by atoms with van der Waals surface area (Å²) in [4.78, 5) is 41.6. The maximum Gasteiger partial charge on any atom is 0.255 e. The van der Waals surface area contributed by atoms with Crippen molar-refractivity contribution >= 4 is 29.0 Å². The van der Waals surface area contributed by atoms with Gasteiger partial charge in [-0.1, -0.05) is 231 Å². The molecule has 0 unspecified atom stereocenters. The van der Waals surface area contributed by atoms with Crippen molar-refractivity contribution in [1.29, 1.82) is 0 Å². The number of carbonyl (C=O) groups excluding carboxylic acids is 3. The van der Waals surface area contributed by atoms with Gasteiger partial charge in [0, 0.05) is 33.6 Å². The molecule has 336 valence electrons. The number of benzene rings is 10. The van der Waals surface area contributed by atoms with E-state index in [2.05, 4.69) is 180 Å². The van der Waals surface area contributed by atoms with Crippen LogP contribution in [-0.4, -0.2) is 17.6 Å². The van der Waals surface area contributed by atoms with Gasteiger partial charge >= 0.3 is 0 Å². The lowest BCUT2D eigenvalue weighted by Gasteiger charge is -2.37. The lowest BCUT2D eigenvalue weighted by atomic mass is 9.65. The van der Waals surface area contributed by atoms with Gasteiger partial charge in [0.25, 0.3) is 11.8 Å². The second-order valence-electron chi connectivity index (χ2n) is 17.2. The second kappa shape index (κ2) is 20.0. The Morgan fingerprint density at radius 3 is 0.729 bits per heavy atom. The maximum atomic E-state index is 14.0. The molecular formula is C65H48N2O3. The molecule has 5 heteroatoms. The van der Waals surface area contributed by atoms with E-state index in [0.717, 1.165) is 44.5 Å². The molecular weight excluding hydrogens is 857 g/mol. The van der Waals surface area contributed by atoms with Gasteiger partial charge in [-0.2, -0.15) is 0 Å². The molecule has 10 rings (SSSR count). The number of amides is 2. The smallest absolute Gasteiger partial charge is 0.255 e. The minimum Gasteiger partial charge on any atom is -0.322 e. The lowest BCUT2D eigenvalue weighted by Crippen LogP contribution is -2.31. The first-order chi connectivity index (χ1) is 34.4. The molecule has 0 radical (unpaired) electrons. The van der Waals surface area contributed by atoms with Crippen LogP contribution in [0.4, 0.5) is 11.4 Å². The first-order valence-electron chi connectivity index (χ1n) is 23.4. The van der Waals surface area contributed by atoms with Gasteiger partial charge < -0.3 is 10.6 Å². The largest absolute Gasteiger partial charge is 0.322 e. The normalized spacial score (nSPS) is 11.3. The standard InChI is InChI=1S/C65H48N2O3/c68-61(47-21-19-23-49(45-47)62(69)66-59-41-37-57(38-42-59)64(51-25-7-1-8-26-51,52-27-9-2-10-28-52)53-29-11-3-12-30-53)48-22-20-24-50(46-48)63(70)67-60-43-39-58(40-44-60)65(54-31-13-4-14-32-54,55-33-15-5-16-34-55)56-35-17-6-18-36-56/h1-46H,(H,66,69)(H,67,70). The molecule has 0 fully saturated rings. The first-order valence-corrected chi connectivity index (χ1v) is 23.4. The number of nitrogens with one attached hydrogen (secondary N) is 2. The van der Waals surface area contributed by atoms with Crippen LogP contribution >= 0.6 is 0 Å². The van der Waals surface area contributed by atoms with Crippen molar-refractivity contribution in [3.05, 3.63) is 346 Å². The van der Waals surface area contributed by atoms with E-state index in [9.17, 15) is 14.4 Å². The molecule has 0 saturated carbocycles. The Bertz CT molecular complexity index is 2960. The zero-order chi connectivity index (χ0) is 47.8. The zero-order valence-corrected chi connectivity index (χ0v) is 38.3. The lowest BCUT2D eigenvalue weighted by molar-refractivity contribution is 0.101. The molecule has 0 atom stereocenters. The molecule has 2 amide bonds. The third-order valence-electron chi connectivity index (χ3n) is 13.2. The van der Waals surface area contributed by atoms with Crippen LogP contribution in [-0.2, 0) is 10.8 Å². The monoisotopic (exact) mass is 904 g/mol. The Hall–Kier alpha value is -9.19. The second-order valence-corrected chi connectivity index (χ2v) is 17.2. The van der Waals surface area contributed by atoms with Gasteiger partial charge in [-0.3, -0.25) is 14.4 Å². The molecule has 5 nitrogen and oxygen atoms in total. The fourth-order valence-corrected chi connectivity index (χ4v) is 9.91. The zero-order valence-electron chi connectivity index (χ0n) is 38.3. The molecule has 0 heterocycles. The third kappa shape index (κ3) is 8.64. The van der Waals surface area contributed by atoms with E-state index in [1.165, 1.54) is 0 Å². The van der Waals surface area contributed by atoms with Crippen LogP contribution in [0.25, 0.3) is 0 Å². The summed E-state index contributed by atoms with van der Waals surface area (Å²) in [5.74, 6) is -1.01. The van der Waals surface area contributed by atoms with Crippen molar-refractivity contribution in [3.8, 4) is 0 Å². The average Bonchev–Trinajstić information content (AvgIpc) is 3.44. The minimum atomic E-state index is -0.618. The van der Waals surface area contributed by atoms with Gasteiger partial charge in [-0.15, -0.1) is 0 Å². The molecule has 0 aliphatic heterocycles. The average molecular weight is 905 g/mol. The van der Waals surface area contributed by atoms with E-state index in [1.54, 1.807) is 48.5 Å². The summed E-state index contributed by atoms with van der Waals surface area (Å²) in [6.07, 6.45) is 0. The summed E-state index contributed by atoms with van der Waals surface area (Å²) in [5, 5.41) is 6.08. The predicted octanol–water partition coefficient (Wildman–Crippen LogP) is 14.2. The molecule has 0 bridgehead atoms. The molecule has 70 heavy (non-hydrogen) atoms. The van der Waals surface area contributed by atoms with E-state index in [-0.39, 0.29) is 17.6 Å². The maximum absolute atomic E-state index is 14.0. The van der Waals surface area contributed by atoms with Crippen molar-refractivity contribution in [2.45, 2.75) is 10.8 Å². The Balaban J connectivity index is 0.864. The molecule has 0 spiro atoms. The minimum absolute atomic E-state index is 0.309. The summed E-state index contributed by atoms with van der Waals surface area (Å²) in [6, 6.07) is 92.0. The fraction of sp³-hybridized carbons (Fsp3) is 0.0308. The fourth-order valence-electron chi connectivity index (χ4n) is 9.91. The highest BCUT2D eigenvalue weighted by Crippen LogP contribution is 2.47. The number of carbonyl (C=O) groups is 3. The van der Waals surface area contributed by atoms with Gasteiger partial charge in [0.05, 0.1) is 10.8 Å². The van der Waals surface area contributed by atoms with Gasteiger partial charge in [-0.05, 0) is 93.0 Å². The van der Waals surface area contributed by atoms with Crippen molar-refractivity contribution in [1.82, 2.24) is 0 Å². The van der Waals surface area contributed by atoms with Crippen LogP contribution in [0.1, 0.15) is 81.1 Å². The molecule has 0 aromatic heterocycles. The molecule has 0 saturated heterocycles. The summed E-state index contributed by atoms with van der Waals surface area (Å²) in [5.41, 5.74) is 10.1. The molecule has 2 N–H and O–H groups in total. The summed E-state index contributed by atoms with van der Waals surface area (Å²) < 4.78 is 0. The Morgan fingerprint density at radius 2 is 0.471 bits per heavy atom. The van der Waals surface area contributed by atoms with Crippen LogP contribution in [0, 0.1) is 0 Å². The van der Waals surface area contributed by atoms with Crippen molar-refractivity contribution in [2.75, 3.05) is 10.6 Å². The summed E-state index contributed by atoms with van der Waals surface area (Å²) in [7, 11) is 0. The molecule has 0 aliphatic rings. The Labute approximate surface area is 408 Å². The number of hydrogen-bond acceptors (Lipinski definition) is 3. The van der Waals surface area contributed by atoms with Crippen molar-refractivity contribution < 1.29 is 14.4 Å². The van der Waals surface area contributed by atoms with E-state index in [4.69, 9.17) is 0 Å². The van der Waals surface area contributed by atoms with E-state index in [1.807, 2.05) is 60.7 Å². The van der Waals surface area contributed by atoms with Crippen LogP contribution < -0.4 is 10.6 Å². The number of hydrogen-bond donors (Lipinski definition) is 2. The number of rotatable bonds is 14. The Morgan fingerprint density at radius 1 is 0.243 bits per heavy atom. The predicted molar refractivity (Wildman–Crippen MR) is 282 cm³/mol. The van der Waals surface area contributed by atoms with Gasteiger partial charge in [-0.25, -0.2) is 0 Å². The highest BCUT2D eigenvalue weighted by Gasteiger charge is 2.39. The molecule has 10 aromatic rings. The quantitative estimate of drug-likeness (QED) is 0.0843. The van der Waals surface area contributed by atoms with Crippen LogP contribution in [0.15, 0.2) is 279 Å². The van der Waals surface area contributed by atoms with Gasteiger partial charge in [0.15, 0.2) is 5.78 Å². The SMILES string of the molecule is O=C(Nc1ccc(C(c2ccccc2)(c2ccccc2)c2ccccc2)cc1)c1cccc(C(=O)c2cccc(C(=O)Nc3ccc(C(c4ccccc4)(c4ccccc4)c4ccccc4)cc3)c2)c1. The topological polar surface area (TPSA) is 75.3 Å². The number of ketones is 1. The molecule has 0 aliphatic carbocycles. The summed E-state index contributed by atoms with van der Waals surface area (Å²) in [6.45, 7) is 0. The van der Waals surface area contributed by atoms with Crippen molar-refractivity contribution in [2.24, 2.45) is 0 Å². The van der Waals surface area contributed by atoms with E-state index in [0.29, 0.717) is 33.6 Å². The van der Waals surface area contributed by atoms with Crippen LogP contribution in [0.5, 0.6) is 0 Å².